The lowest BCUT2D eigenvalue weighted by Crippen LogP contribution is -2.20. The molecule has 2 aromatic heterocycles. The first-order chi connectivity index (χ1) is 17.1. The number of hydrazone groups is 1. The molecule has 0 aliphatic heterocycles. The standard InChI is InChI=1S/C25H25FN8O2/c1-25(2,10-9-22(35)36)21-8-4-6-16(31-21)13-30-14-20(34-29)19-11-18(32-24(28)33-19)17-7-3-5-15(12-27)23(17)26/h3-8,11,14H,9-10,13,29H2,1-2H3,(H,35,36)(H2,28,32,33). The maximum absolute atomic E-state index is 14.7. The highest BCUT2D eigenvalue weighted by atomic mass is 19.1. The van der Waals surface area contributed by atoms with Crippen LogP contribution in [0.4, 0.5) is 10.3 Å². The van der Waals surface area contributed by atoms with E-state index in [1.807, 2.05) is 26.0 Å². The van der Waals surface area contributed by atoms with Crippen LogP contribution >= 0.6 is 0 Å². The van der Waals surface area contributed by atoms with E-state index < -0.39 is 17.2 Å². The second-order valence-corrected chi connectivity index (χ2v) is 8.55. The summed E-state index contributed by atoms with van der Waals surface area (Å²) in [6.45, 7) is 4.08. The Morgan fingerprint density at radius 2 is 1.97 bits per heavy atom. The molecule has 10 nitrogen and oxygen atoms in total. The van der Waals surface area contributed by atoms with Crippen LogP contribution < -0.4 is 11.6 Å². The van der Waals surface area contributed by atoms with Crippen molar-refractivity contribution in [2.75, 3.05) is 5.73 Å². The zero-order valence-corrected chi connectivity index (χ0v) is 19.8. The molecule has 0 saturated carbocycles. The molecule has 5 N–H and O–H groups in total. The largest absolute Gasteiger partial charge is 0.481 e. The molecule has 0 aliphatic carbocycles. The molecule has 0 spiro atoms. The monoisotopic (exact) mass is 488 g/mol. The van der Waals surface area contributed by atoms with Gasteiger partial charge < -0.3 is 16.7 Å². The van der Waals surface area contributed by atoms with Crippen molar-refractivity contribution in [3.63, 3.8) is 0 Å². The summed E-state index contributed by atoms with van der Waals surface area (Å²) in [4.78, 5) is 28.1. The lowest BCUT2D eigenvalue weighted by molar-refractivity contribution is -0.137. The molecule has 11 heteroatoms. The van der Waals surface area contributed by atoms with Crippen LogP contribution in [0, 0.1) is 17.1 Å². The van der Waals surface area contributed by atoms with Crippen molar-refractivity contribution in [3.8, 4) is 17.3 Å². The second kappa shape index (κ2) is 11.1. The molecule has 36 heavy (non-hydrogen) atoms. The predicted molar refractivity (Wildman–Crippen MR) is 134 cm³/mol. The summed E-state index contributed by atoms with van der Waals surface area (Å²) >= 11 is 0. The number of benzene rings is 1. The topological polar surface area (TPSA) is 177 Å². The molecule has 0 unspecified atom stereocenters. The normalized spacial score (nSPS) is 12.0. The quantitative estimate of drug-likeness (QED) is 0.233. The van der Waals surface area contributed by atoms with Crippen molar-refractivity contribution in [2.24, 2.45) is 15.9 Å². The summed E-state index contributed by atoms with van der Waals surface area (Å²) < 4.78 is 14.7. The van der Waals surface area contributed by atoms with Gasteiger partial charge in [-0.2, -0.15) is 10.4 Å². The number of hydrogen-bond donors (Lipinski definition) is 3. The number of halogens is 1. The predicted octanol–water partition coefficient (Wildman–Crippen LogP) is 3.21. The van der Waals surface area contributed by atoms with Crippen molar-refractivity contribution >= 4 is 23.8 Å². The van der Waals surface area contributed by atoms with Crippen molar-refractivity contribution in [1.82, 2.24) is 15.0 Å². The molecule has 0 bridgehead atoms. The van der Waals surface area contributed by atoms with Gasteiger partial charge in [-0.25, -0.2) is 14.4 Å². The van der Waals surface area contributed by atoms with Crippen LogP contribution in [-0.4, -0.2) is 38.0 Å². The highest BCUT2D eigenvalue weighted by Crippen LogP contribution is 2.27. The number of aliphatic carboxylic acids is 1. The number of pyridine rings is 1. The van der Waals surface area contributed by atoms with Gasteiger partial charge in [-0.15, -0.1) is 0 Å². The van der Waals surface area contributed by atoms with Gasteiger partial charge in [0.25, 0.3) is 0 Å². The van der Waals surface area contributed by atoms with E-state index in [2.05, 4.69) is 25.0 Å². The number of nitrogen functional groups attached to an aromatic ring is 1. The maximum Gasteiger partial charge on any atom is 0.303 e. The van der Waals surface area contributed by atoms with Crippen LogP contribution in [0.25, 0.3) is 11.3 Å². The van der Waals surface area contributed by atoms with E-state index in [-0.39, 0.29) is 47.1 Å². The van der Waals surface area contributed by atoms with Gasteiger partial charge in [-0.3, -0.25) is 14.8 Å². The summed E-state index contributed by atoms with van der Waals surface area (Å²) in [6.07, 6.45) is 1.89. The zero-order chi connectivity index (χ0) is 26.3. The van der Waals surface area contributed by atoms with Crippen LogP contribution in [0.3, 0.4) is 0 Å². The third kappa shape index (κ3) is 6.24. The third-order valence-electron chi connectivity index (χ3n) is 5.47. The number of aliphatic imine (C=N–C) groups is 1. The molecule has 2 heterocycles. The van der Waals surface area contributed by atoms with Crippen LogP contribution in [0.2, 0.25) is 0 Å². The lowest BCUT2D eigenvalue weighted by atomic mass is 9.84. The van der Waals surface area contributed by atoms with Crippen LogP contribution in [0.15, 0.2) is 52.6 Å². The van der Waals surface area contributed by atoms with Crippen molar-refractivity contribution in [1.29, 1.82) is 5.26 Å². The molecule has 0 amide bonds. The van der Waals surface area contributed by atoms with Crippen molar-refractivity contribution < 1.29 is 14.3 Å². The number of nitriles is 1. The SMILES string of the molecule is CC(C)(CCC(=O)O)c1cccc(CN=CC(=NN)c2cc(-c3cccc(C#N)c3F)nc(N)n2)n1. The number of carboxylic acids is 1. The summed E-state index contributed by atoms with van der Waals surface area (Å²) in [6, 6.07) is 13.1. The highest BCUT2D eigenvalue weighted by Gasteiger charge is 2.23. The Morgan fingerprint density at radius 1 is 1.22 bits per heavy atom. The molecule has 0 saturated heterocycles. The Hall–Kier alpha value is -4.72. The van der Waals surface area contributed by atoms with Gasteiger partial charge in [0.05, 0.1) is 35.4 Å². The number of aromatic nitrogens is 3. The minimum atomic E-state index is -0.855. The number of anilines is 1. The van der Waals surface area contributed by atoms with Gasteiger partial charge in [0.15, 0.2) is 0 Å². The van der Waals surface area contributed by atoms with Crippen molar-refractivity contribution in [3.05, 3.63) is 70.9 Å². The lowest BCUT2D eigenvalue weighted by Gasteiger charge is -2.23. The van der Waals surface area contributed by atoms with E-state index in [1.54, 1.807) is 18.2 Å². The summed E-state index contributed by atoms with van der Waals surface area (Å²) in [5.74, 6) is 3.85. The fourth-order valence-electron chi connectivity index (χ4n) is 3.43. The smallest absolute Gasteiger partial charge is 0.303 e. The van der Waals surface area contributed by atoms with Gasteiger partial charge in [0.1, 0.15) is 17.6 Å². The number of nitrogens with two attached hydrogens (primary N) is 2. The molecule has 184 valence electrons. The van der Waals surface area contributed by atoms with Crippen LogP contribution in [-0.2, 0) is 16.8 Å². The first-order valence-corrected chi connectivity index (χ1v) is 10.9. The Labute approximate surface area is 207 Å². The molecule has 3 rings (SSSR count). The molecule has 3 aromatic rings. The van der Waals surface area contributed by atoms with Gasteiger partial charge in [0, 0.05) is 23.1 Å². The Balaban J connectivity index is 1.82. The first kappa shape index (κ1) is 25.9. The number of nitrogens with zero attached hydrogens (tertiary/aromatic N) is 6. The molecular formula is C25H25FN8O2. The first-order valence-electron chi connectivity index (χ1n) is 10.9. The second-order valence-electron chi connectivity index (χ2n) is 8.55. The van der Waals surface area contributed by atoms with Gasteiger partial charge in [-0.1, -0.05) is 26.0 Å². The average Bonchev–Trinajstić information content (AvgIpc) is 2.85. The molecule has 1 aromatic carbocycles. The fourth-order valence-corrected chi connectivity index (χ4v) is 3.43. The molecule has 0 radical (unpaired) electrons. The summed E-state index contributed by atoms with van der Waals surface area (Å²) in [5, 5.41) is 21.8. The molecule has 0 fully saturated rings. The van der Waals surface area contributed by atoms with Crippen LogP contribution in [0.5, 0.6) is 0 Å². The molecular weight excluding hydrogens is 463 g/mol. The number of carbonyl (C=O) groups is 1. The van der Waals surface area contributed by atoms with Gasteiger partial charge in [-0.05, 0) is 36.8 Å². The summed E-state index contributed by atoms with van der Waals surface area (Å²) in [5.41, 5.74) is 7.38. The van der Waals surface area contributed by atoms with E-state index in [0.29, 0.717) is 12.1 Å². The Morgan fingerprint density at radius 3 is 2.67 bits per heavy atom. The number of hydrogen-bond acceptors (Lipinski definition) is 9. The zero-order valence-electron chi connectivity index (χ0n) is 19.8. The van der Waals surface area contributed by atoms with Crippen molar-refractivity contribution in [2.45, 2.75) is 38.6 Å². The third-order valence-corrected chi connectivity index (χ3v) is 5.47. The van der Waals surface area contributed by atoms with E-state index in [9.17, 15) is 9.18 Å². The van der Waals surface area contributed by atoms with Gasteiger partial charge >= 0.3 is 5.97 Å². The Bertz CT molecular complexity index is 1380. The Kier molecular flexibility index (Phi) is 8.01. The van der Waals surface area contributed by atoms with E-state index >= 15 is 0 Å². The van der Waals surface area contributed by atoms with Gasteiger partial charge in [0.2, 0.25) is 5.95 Å². The van der Waals surface area contributed by atoms with E-state index in [1.165, 1.54) is 24.4 Å². The minimum absolute atomic E-state index is 0.0438. The summed E-state index contributed by atoms with van der Waals surface area (Å²) in [7, 11) is 0. The number of carboxylic acid groups (broad SMARTS) is 1. The highest BCUT2D eigenvalue weighted by molar-refractivity contribution is 6.37. The van der Waals surface area contributed by atoms with Crippen LogP contribution in [0.1, 0.15) is 49.3 Å². The fraction of sp³-hybridized carbons (Fsp3) is 0.240. The van der Waals surface area contributed by atoms with E-state index in [4.69, 9.17) is 21.9 Å². The minimum Gasteiger partial charge on any atom is -0.481 e. The molecule has 0 aliphatic rings. The maximum atomic E-state index is 14.7. The molecule has 0 atom stereocenters. The van der Waals surface area contributed by atoms with E-state index in [0.717, 1.165) is 5.69 Å². The average molecular weight is 489 g/mol. The number of rotatable bonds is 9.